The Labute approximate surface area is 158 Å². The third-order valence-corrected chi connectivity index (χ3v) is 4.32. The van der Waals surface area contributed by atoms with Crippen LogP contribution in [0.3, 0.4) is 0 Å². The first-order chi connectivity index (χ1) is 13.2. The number of ether oxygens (including phenoxy) is 1. The first-order valence-electron chi connectivity index (χ1n) is 8.67. The molecule has 0 aliphatic carbocycles. The largest absolute Gasteiger partial charge is 0.495 e. The minimum atomic E-state index is -0.450. The van der Waals surface area contributed by atoms with Crippen LogP contribution < -0.4 is 15.0 Å². The maximum absolute atomic E-state index is 12.5. The first-order valence-corrected chi connectivity index (χ1v) is 8.67. The molecule has 1 aromatic carbocycles. The van der Waals surface area contributed by atoms with Gasteiger partial charge in [0, 0.05) is 38.6 Å². The van der Waals surface area contributed by atoms with Crippen LogP contribution in [0.4, 0.5) is 11.5 Å². The second-order valence-corrected chi connectivity index (χ2v) is 6.02. The molecule has 1 aliphatic rings. The number of piperazine rings is 1. The van der Waals surface area contributed by atoms with Gasteiger partial charge in [0.25, 0.3) is 5.91 Å². The molecule has 27 heavy (non-hydrogen) atoms. The molecule has 0 radical (unpaired) electrons. The van der Waals surface area contributed by atoms with Gasteiger partial charge in [-0.05, 0) is 24.3 Å². The number of amides is 1. The van der Waals surface area contributed by atoms with Crippen LogP contribution in [-0.2, 0) is 4.79 Å². The Hall–Kier alpha value is -3.53. The number of rotatable bonds is 5. The Bertz CT molecular complexity index is 852. The molecule has 1 saturated heterocycles. The van der Waals surface area contributed by atoms with E-state index in [1.807, 2.05) is 35.2 Å². The number of carbonyl (C=O) groups is 1. The summed E-state index contributed by atoms with van der Waals surface area (Å²) >= 11 is 0. The standard InChI is InChI=1S/C20H21N5O2/c1-27-18-7-3-2-6-17(18)23-20(26)16(14-21)15-24-10-12-25(13-11-24)19-8-4-5-9-22-19/h2-9,15H,10-13H2,1H3,(H,23,26)/b16-15-. The van der Waals surface area contributed by atoms with Gasteiger partial charge in [0.1, 0.15) is 23.2 Å². The SMILES string of the molecule is COc1ccccc1NC(=O)/C(C#N)=C\N1CCN(c2ccccn2)CC1. The maximum atomic E-state index is 12.5. The zero-order valence-corrected chi connectivity index (χ0v) is 15.1. The summed E-state index contributed by atoms with van der Waals surface area (Å²) in [6.45, 7) is 2.98. The van der Waals surface area contributed by atoms with E-state index in [0.29, 0.717) is 24.5 Å². The summed E-state index contributed by atoms with van der Waals surface area (Å²) in [5.74, 6) is 1.04. The van der Waals surface area contributed by atoms with Crippen molar-refractivity contribution in [3.8, 4) is 11.8 Å². The van der Waals surface area contributed by atoms with E-state index in [0.717, 1.165) is 18.9 Å². The van der Waals surface area contributed by atoms with E-state index in [-0.39, 0.29) is 5.57 Å². The summed E-state index contributed by atoms with van der Waals surface area (Å²) in [6.07, 6.45) is 3.40. The number of aromatic nitrogens is 1. The van der Waals surface area contributed by atoms with Crippen molar-refractivity contribution in [1.82, 2.24) is 9.88 Å². The molecule has 0 spiro atoms. The summed E-state index contributed by atoms with van der Waals surface area (Å²) < 4.78 is 5.22. The molecule has 3 rings (SSSR count). The van der Waals surface area contributed by atoms with Crippen LogP contribution in [0.15, 0.2) is 60.4 Å². The van der Waals surface area contributed by atoms with Crippen molar-refractivity contribution in [1.29, 1.82) is 5.26 Å². The molecule has 1 aromatic heterocycles. The van der Waals surface area contributed by atoms with Crippen molar-refractivity contribution < 1.29 is 9.53 Å². The van der Waals surface area contributed by atoms with Gasteiger partial charge in [0.05, 0.1) is 12.8 Å². The fourth-order valence-corrected chi connectivity index (χ4v) is 2.88. The van der Waals surface area contributed by atoms with E-state index in [1.165, 1.54) is 7.11 Å². The highest BCUT2D eigenvalue weighted by atomic mass is 16.5. The third kappa shape index (κ3) is 4.55. The average Bonchev–Trinajstić information content (AvgIpc) is 2.73. The van der Waals surface area contributed by atoms with E-state index in [4.69, 9.17) is 4.74 Å². The average molecular weight is 363 g/mol. The summed E-state index contributed by atoms with van der Waals surface area (Å²) in [7, 11) is 1.53. The number of pyridine rings is 1. The number of hydrogen-bond donors (Lipinski definition) is 1. The van der Waals surface area contributed by atoms with Gasteiger partial charge in [-0.15, -0.1) is 0 Å². The molecule has 1 fully saturated rings. The minimum Gasteiger partial charge on any atom is -0.495 e. The number of para-hydroxylation sites is 2. The lowest BCUT2D eigenvalue weighted by atomic mass is 10.2. The molecule has 1 aliphatic heterocycles. The van der Waals surface area contributed by atoms with Crippen molar-refractivity contribution in [2.75, 3.05) is 43.5 Å². The lowest BCUT2D eigenvalue weighted by Gasteiger charge is -2.34. The Morgan fingerprint density at radius 1 is 1.19 bits per heavy atom. The van der Waals surface area contributed by atoms with Gasteiger partial charge < -0.3 is 19.9 Å². The van der Waals surface area contributed by atoms with Crippen LogP contribution in [0.1, 0.15) is 0 Å². The molecule has 0 atom stereocenters. The van der Waals surface area contributed by atoms with Crippen molar-refractivity contribution in [2.24, 2.45) is 0 Å². The summed E-state index contributed by atoms with van der Waals surface area (Å²) in [4.78, 5) is 21.0. The van der Waals surface area contributed by atoms with Gasteiger partial charge in [-0.1, -0.05) is 18.2 Å². The molecule has 0 bridgehead atoms. The number of benzene rings is 1. The molecule has 138 valence electrons. The van der Waals surface area contributed by atoms with E-state index < -0.39 is 5.91 Å². The molecular formula is C20H21N5O2. The van der Waals surface area contributed by atoms with Gasteiger partial charge >= 0.3 is 0 Å². The lowest BCUT2D eigenvalue weighted by molar-refractivity contribution is -0.112. The van der Waals surface area contributed by atoms with Gasteiger partial charge in [-0.3, -0.25) is 4.79 Å². The molecular weight excluding hydrogens is 342 g/mol. The van der Waals surface area contributed by atoms with Crippen LogP contribution in [0.25, 0.3) is 0 Å². The quantitative estimate of drug-likeness (QED) is 0.648. The molecule has 7 nitrogen and oxygen atoms in total. The lowest BCUT2D eigenvalue weighted by Crippen LogP contribution is -2.44. The van der Waals surface area contributed by atoms with E-state index >= 15 is 0 Å². The van der Waals surface area contributed by atoms with Gasteiger partial charge in [0.2, 0.25) is 0 Å². The van der Waals surface area contributed by atoms with Crippen LogP contribution in [-0.4, -0.2) is 49.1 Å². The summed E-state index contributed by atoms with van der Waals surface area (Å²) in [5.41, 5.74) is 0.596. The molecule has 2 heterocycles. The van der Waals surface area contributed by atoms with Crippen LogP contribution in [0.5, 0.6) is 5.75 Å². The van der Waals surface area contributed by atoms with Gasteiger partial charge in [0.15, 0.2) is 0 Å². The predicted molar refractivity (Wildman–Crippen MR) is 103 cm³/mol. The van der Waals surface area contributed by atoms with Gasteiger partial charge in [-0.2, -0.15) is 5.26 Å². The van der Waals surface area contributed by atoms with E-state index in [9.17, 15) is 10.1 Å². The summed E-state index contributed by atoms with van der Waals surface area (Å²) in [6, 6.07) is 14.9. The molecule has 0 unspecified atom stereocenters. The van der Waals surface area contributed by atoms with E-state index in [1.54, 1.807) is 30.6 Å². The van der Waals surface area contributed by atoms with Crippen molar-refractivity contribution in [3.63, 3.8) is 0 Å². The van der Waals surface area contributed by atoms with Crippen LogP contribution >= 0.6 is 0 Å². The number of hydrogen-bond acceptors (Lipinski definition) is 6. The number of nitriles is 1. The molecule has 2 aromatic rings. The molecule has 1 amide bonds. The number of nitrogens with one attached hydrogen (secondary N) is 1. The topological polar surface area (TPSA) is 81.5 Å². The van der Waals surface area contributed by atoms with Crippen LogP contribution in [0, 0.1) is 11.3 Å². The second-order valence-electron chi connectivity index (χ2n) is 6.02. The highest BCUT2D eigenvalue weighted by Gasteiger charge is 2.18. The van der Waals surface area contributed by atoms with Crippen LogP contribution in [0.2, 0.25) is 0 Å². The zero-order valence-electron chi connectivity index (χ0n) is 15.1. The second kappa shape index (κ2) is 8.72. The monoisotopic (exact) mass is 363 g/mol. The Kier molecular flexibility index (Phi) is 5.90. The maximum Gasteiger partial charge on any atom is 0.267 e. The minimum absolute atomic E-state index is 0.0622. The number of nitrogens with zero attached hydrogens (tertiary/aromatic N) is 4. The number of anilines is 2. The highest BCUT2D eigenvalue weighted by molar-refractivity contribution is 6.07. The fourth-order valence-electron chi connectivity index (χ4n) is 2.88. The van der Waals surface area contributed by atoms with Gasteiger partial charge in [-0.25, -0.2) is 4.98 Å². The molecule has 0 saturated carbocycles. The number of methoxy groups -OCH3 is 1. The van der Waals surface area contributed by atoms with Crippen molar-refractivity contribution >= 4 is 17.4 Å². The zero-order chi connectivity index (χ0) is 19.1. The molecule has 7 heteroatoms. The molecule has 1 N–H and O–H groups in total. The Morgan fingerprint density at radius 3 is 2.59 bits per heavy atom. The fraction of sp³-hybridized carbons (Fsp3) is 0.250. The summed E-state index contributed by atoms with van der Waals surface area (Å²) in [5, 5.41) is 12.1. The Morgan fingerprint density at radius 2 is 1.93 bits per heavy atom. The van der Waals surface area contributed by atoms with Crippen molar-refractivity contribution in [3.05, 3.63) is 60.4 Å². The number of carbonyl (C=O) groups excluding carboxylic acids is 1. The Balaban J connectivity index is 1.63. The highest BCUT2D eigenvalue weighted by Crippen LogP contribution is 2.23. The smallest absolute Gasteiger partial charge is 0.267 e. The normalized spacial score (nSPS) is 14.4. The third-order valence-electron chi connectivity index (χ3n) is 4.32. The van der Waals surface area contributed by atoms with E-state index in [2.05, 4.69) is 15.2 Å². The van der Waals surface area contributed by atoms with Crippen molar-refractivity contribution in [2.45, 2.75) is 0 Å². The first kappa shape index (κ1) is 18.3. The predicted octanol–water partition coefficient (Wildman–Crippen LogP) is 2.26.